The van der Waals surface area contributed by atoms with Gasteiger partial charge in [0.2, 0.25) is 11.7 Å². The van der Waals surface area contributed by atoms with Crippen molar-refractivity contribution in [2.24, 2.45) is 28.6 Å². The van der Waals surface area contributed by atoms with Crippen LogP contribution in [0.4, 0.5) is 4.79 Å². The lowest BCUT2D eigenvalue weighted by atomic mass is 9.70. The topological polar surface area (TPSA) is 152 Å². The molecule has 3 fully saturated rings. The Morgan fingerprint density at radius 2 is 1.57 bits per heavy atom. The highest BCUT2D eigenvalue weighted by molar-refractivity contribution is 7.92. The van der Waals surface area contributed by atoms with E-state index in [0.29, 0.717) is 45.2 Å². The summed E-state index contributed by atoms with van der Waals surface area (Å²) in [5, 5.41) is 0. The molecule has 0 bridgehead atoms. The lowest BCUT2D eigenvalue weighted by Crippen LogP contribution is -2.48. The van der Waals surface area contributed by atoms with Crippen molar-refractivity contribution in [2.45, 2.75) is 168 Å². The number of ketones is 4. The third-order valence-corrected chi connectivity index (χ3v) is 16.0. The zero-order valence-electron chi connectivity index (χ0n) is 36.1. The van der Waals surface area contributed by atoms with Crippen LogP contribution in [0, 0.1) is 28.6 Å². The highest BCUT2D eigenvalue weighted by atomic mass is 32.2. The molecule has 12 heteroatoms. The Morgan fingerprint density at radius 1 is 0.914 bits per heavy atom. The fourth-order valence-electron chi connectivity index (χ4n) is 9.24. The van der Waals surface area contributed by atoms with Crippen LogP contribution in [-0.2, 0) is 51.5 Å². The van der Waals surface area contributed by atoms with Crippen LogP contribution in [0.2, 0.25) is 0 Å². The third-order valence-electron chi connectivity index (χ3n) is 13.2. The van der Waals surface area contributed by atoms with E-state index in [1.807, 2.05) is 52.0 Å². The number of hydrogen-bond donors (Lipinski definition) is 0. The first-order valence-corrected chi connectivity index (χ1v) is 23.4. The van der Waals surface area contributed by atoms with Gasteiger partial charge in [0, 0.05) is 57.0 Å². The van der Waals surface area contributed by atoms with Gasteiger partial charge in [-0.15, -0.1) is 0 Å². The van der Waals surface area contributed by atoms with E-state index in [1.54, 1.807) is 25.7 Å². The number of Topliss-reactive ketones (excluding diaryl/α,β-unsaturated/α-hetero) is 4. The van der Waals surface area contributed by atoms with Gasteiger partial charge in [0.1, 0.15) is 11.9 Å². The van der Waals surface area contributed by atoms with E-state index in [4.69, 9.17) is 4.74 Å². The Kier molecular flexibility index (Phi) is 14.5. The lowest BCUT2D eigenvalue weighted by Gasteiger charge is -2.39. The molecule has 2 aliphatic carbocycles. The molecule has 322 valence electrons. The average molecular weight is 825 g/mol. The lowest BCUT2D eigenvalue weighted by molar-refractivity contribution is -0.147. The molecule has 2 amide bonds. The third kappa shape index (κ3) is 11.4. The van der Waals surface area contributed by atoms with Crippen LogP contribution in [0.1, 0.15) is 149 Å². The van der Waals surface area contributed by atoms with Crippen molar-refractivity contribution in [1.29, 1.82) is 0 Å². The number of benzene rings is 1. The minimum Gasteiger partial charge on any atom is -0.444 e. The zero-order chi connectivity index (χ0) is 42.6. The molecule has 4 atom stereocenters. The summed E-state index contributed by atoms with van der Waals surface area (Å²) in [5.41, 5.74) is 0.789. The number of amides is 2. The summed E-state index contributed by atoms with van der Waals surface area (Å²) in [6, 6.07) is 6.92. The largest absolute Gasteiger partial charge is 0.444 e. The van der Waals surface area contributed by atoms with Crippen molar-refractivity contribution < 1.29 is 41.9 Å². The first-order valence-electron chi connectivity index (χ1n) is 21.8. The number of sulfone groups is 1. The number of ether oxygens (including phenoxy) is 1. The van der Waals surface area contributed by atoms with Crippen molar-refractivity contribution in [1.82, 2.24) is 9.80 Å². The summed E-state index contributed by atoms with van der Waals surface area (Å²) in [6.45, 7) is 13.4. The zero-order valence-corrected chi connectivity index (χ0v) is 36.9. The second-order valence-electron chi connectivity index (χ2n) is 20.0. The fourth-order valence-corrected chi connectivity index (χ4v) is 10.9. The van der Waals surface area contributed by atoms with Crippen molar-refractivity contribution in [3.05, 3.63) is 35.4 Å². The van der Waals surface area contributed by atoms with E-state index in [0.717, 1.165) is 37.7 Å². The highest BCUT2D eigenvalue weighted by Gasteiger charge is 2.48. The first kappa shape index (κ1) is 45.7. The predicted octanol–water partition coefficient (Wildman–Crippen LogP) is 7.64. The Balaban J connectivity index is 1.37. The van der Waals surface area contributed by atoms with Crippen molar-refractivity contribution in [3.63, 3.8) is 0 Å². The molecular weight excluding hydrogens is 757 g/mol. The first-order chi connectivity index (χ1) is 27.1. The quantitative estimate of drug-likeness (QED) is 0.144. The summed E-state index contributed by atoms with van der Waals surface area (Å²) in [4.78, 5) is 86.4. The number of carbonyl (C=O) groups is 6. The Labute approximate surface area is 346 Å². The number of likely N-dealkylation sites (tertiary alicyclic amines) is 1. The van der Waals surface area contributed by atoms with Gasteiger partial charge in [0.05, 0.1) is 23.1 Å². The molecule has 0 aromatic heterocycles. The number of carbonyl (C=O) groups excluding carboxylic acids is 6. The van der Waals surface area contributed by atoms with Gasteiger partial charge in [0.15, 0.2) is 21.4 Å². The molecule has 1 aromatic carbocycles. The molecule has 0 spiro atoms. The summed E-state index contributed by atoms with van der Waals surface area (Å²) >= 11 is 0. The van der Waals surface area contributed by atoms with Crippen molar-refractivity contribution in [3.8, 4) is 0 Å². The standard InChI is InChI=1S/C46H68N2O9S/c1-8-14-33(41(52)40(51)23-31-17-18-31)24-39(50)38-26-36(57-43(54)47-22-19-32-15-10-11-16-34(32)28-47)29-48(38)42(53)37(44(2,3)4)25-35(49)27-46(20-12-9-13-21-46)30-58(55,56)45(5,6)7/h10-11,15-16,31,33,36-38H,8-9,12-14,17-30H2,1-7H3/t33?,36?,37-,38+/m1/s1. The van der Waals surface area contributed by atoms with Gasteiger partial charge in [-0.05, 0) is 87.2 Å². The van der Waals surface area contributed by atoms with E-state index in [-0.39, 0.29) is 61.9 Å². The van der Waals surface area contributed by atoms with E-state index in [2.05, 4.69) is 0 Å². The molecule has 2 aliphatic heterocycles. The second-order valence-corrected chi connectivity index (χ2v) is 22.8. The molecule has 2 unspecified atom stereocenters. The van der Waals surface area contributed by atoms with Crippen LogP contribution >= 0.6 is 0 Å². The van der Waals surface area contributed by atoms with Gasteiger partial charge < -0.3 is 14.5 Å². The summed E-state index contributed by atoms with van der Waals surface area (Å²) < 4.78 is 32.1. The number of nitrogens with zero attached hydrogens (tertiary/aromatic N) is 2. The normalized spacial score (nSPS) is 22.1. The smallest absolute Gasteiger partial charge is 0.410 e. The number of hydrogen-bond acceptors (Lipinski definition) is 9. The van der Waals surface area contributed by atoms with Crippen LogP contribution in [0.5, 0.6) is 0 Å². The van der Waals surface area contributed by atoms with Crippen LogP contribution < -0.4 is 0 Å². The molecule has 2 heterocycles. The Morgan fingerprint density at radius 3 is 2.17 bits per heavy atom. The average Bonchev–Trinajstić information content (AvgIpc) is 3.87. The van der Waals surface area contributed by atoms with Gasteiger partial charge in [0.25, 0.3) is 0 Å². The van der Waals surface area contributed by atoms with Gasteiger partial charge in [-0.2, -0.15) is 0 Å². The van der Waals surface area contributed by atoms with Crippen LogP contribution in [0.25, 0.3) is 0 Å². The van der Waals surface area contributed by atoms with Gasteiger partial charge in [-0.3, -0.25) is 24.0 Å². The molecule has 1 saturated heterocycles. The van der Waals surface area contributed by atoms with Gasteiger partial charge >= 0.3 is 6.09 Å². The molecule has 1 aromatic rings. The van der Waals surface area contributed by atoms with Crippen LogP contribution in [0.3, 0.4) is 0 Å². The van der Waals surface area contributed by atoms with Crippen molar-refractivity contribution >= 4 is 45.0 Å². The monoisotopic (exact) mass is 824 g/mol. The summed E-state index contributed by atoms with van der Waals surface area (Å²) in [7, 11) is -3.53. The van der Waals surface area contributed by atoms with Crippen molar-refractivity contribution in [2.75, 3.05) is 18.8 Å². The fraction of sp³-hybridized carbons (Fsp3) is 0.739. The van der Waals surface area contributed by atoms with Gasteiger partial charge in [-0.1, -0.05) is 77.6 Å². The van der Waals surface area contributed by atoms with E-state index < -0.39 is 73.0 Å². The summed E-state index contributed by atoms with van der Waals surface area (Å²) in [5.74, 6) is -3.43. The molecule has 2 saturated carbocycles. The molecule has 0 N–H and O–H groups in total. The molecule has 4 aliphatic rings. The van der Waals surface area contributed by atoms with Gasteiger partial charge in [-0.25, -0.2) is 13.2 Å². The van der Waals surface area contributed by atoms with E-state index in [9.17, 15) is 37.2 Å². The SMILES string of the molecule is CCCC(CC(=O)[C@@H]1CC(OC(=O)N2CCc3ccccc3C2)CN1C(=O)[C@@H](CC(=O)CC1(CS(=O)(=O)C(C)(C)C)CCCCC1)C(C)(C)C)C(=O)C(=O)CC1CC1. The molecule has 5 rings (SSSR count). The second kappa shape index (κ2) is 18.5. The molecule has 58 heavy (non-hydrogen) atoms. The van der Waals surface area contributed by atoms with Crippen LogP contribution in [-0.4, -0.2) is 89.1 Å². The predicted molar refractivity (Wildman–Crippen MR) is 223 cm³/mol. The molecule has 11 nitrogen and oxygen atoms in total. The minimum atomic E-state index is -3.53. The Hall–Kier alpha value is -3.41. The number of rotatable bonds is 17. The van der Waals surface area contributed by atoms with E-state index >= 15 is 0 Å². The summed E-state index contributed by atoms with van der Waals surface area (Å²) in [6.07, 6.45) is 6.03. The maximum atomic E-state index is 14.9. The highest BCUT2D eigenvalue weighted by Crippen LogP contribution is 2.44. The molecule has 0 radical (unpaired) electrons. The molecular formula is C46H68N2O9S. The van der Waals surface area contributed by atoms with E-state index in [1.165, 1.54) is 10.5 Å². The number of fused-ring (bicyclic) bond motifs is 1. The minimum absolute atomic E-state index is 0.0440. The Bertz CT molecular complexity index is 1810. The maximum Gasteiger partial charge on any atom is 0.410 e. The van der Waals surface area contributed by atoms with Crippen LogP contribution in [0.15, 0.2) is 24.3 Å². The maximum absolute atomic E-state index is 14.9.